The normalized spacial score (nSPS) is 25.2. The second kappa shape index (κ2) is 8.75. The van der Waals surface area contributed by atoms with Crippen LogP contribution in [0.1, 0.15) is 25.1 Å². The summed E-state index contributed by atoms with van der Waals surface area (Å²) in [5.41, 5.74) is 0. The number of likely N-dealkylation sites (tertiary alicyclic amines) is 1. The Morgan fingerprint density at radius 2 is 1.73 bits per heavy atom. The van der Waals surface area contributed by atoms with Gasteiger partial charge in [0.05, 0.1) is 12.0 Å². The molecule has 0 aromatic carbocycles. The molecule has 4 heterocycles. The summed E-state index contributed by atoms with van der Waals surface area (Å²) in [5, 5.41) is 3.94. The molecule has 12 heteroatoms. The van der Waals surface area contributed by atoms with Crippen LogP contribution >= 0.6 is 11.5 Å². The van der Waals surface area contributed by atoms with Crippen LogP contribution < -0.4 is 10.2 Å². The van der Waals surface area contributed by atoms with Crippen molar-refractivity contribution in [3.8, 4) is 0 Å². The Morgan fingerprint density at radius 3 is 2.40 bits per heavy atom. The minimum atomic E-state index is -3.16. The minimum Gasteiger partial charge on any atom is -0.343 e. The second-order valence-corrected chi connectivity index (χ2v) is 11.2. The van der Waals surface area contributed by atoms with Crippen LogP contribution in [0.25, 0.3) is 0 Å². The maximum Gasteiger partial charge on any atom is 0.239 e. The quantitative estimate of drug-likeness (QED) is 0.620. The van der Waals surface area contributed by atoms with Crippen molar-refractivity contribution in [3.63, 3.8) is 0 Å². The number of anilines is 1. The summed E-state index contributed by atoms with van der Waals surface area (Å²) in [7, 11) is -3.16. The van der Waals surface area contributed by atoms with Crippen LogP contribution in [0.2, 0.25) is 0 Å². The molecule has 0 unspecified atom stereocenters. The van der Waals surface area contributed by atoms with E-state index >= 15 is 0 Å². The number of rotatable bonds is 5. The topological polar surface area (TPSA) is 116 Å². The molecule has 3 saturated heterocycles. The average Bonchev–Trinajstić information content (AvgIpc) is 3.47. The van der Waals surface area contributed by atoms with Crippen molar-refractivity contribution in [3.05, 3.63) is 5.82 Å². The summed E-state index contributed by atoms with van der Waals surface area (Å²) in [6.45, 7) is 4.64. The smallest absolute Gasteiger partial charge is 0.239 e. The molecule has 2 atom stereocenters. The van der Waals surface area contributed by atoms with Crippen molar-refractivity contribution in [2.24, 2.45) is 5.92 Å². The highest BCUT2D eigenvalue weighted by molar-refractivity contribution is 7.89. The molecule has 0 bridgehead atoms. The first-order chi connectivity index (χ1) is 14.3. The van der Waals surface area contributed by atoms with Gasteiger partial charge in [0.1, 0.15) is 5.75 Å². The van der Waals surface area contributed by atoms with Crippen molar-refractivity contribution in [2.75, 3.05) is 57.0 Å². The molecule has 0 spiro atoms. The van der Waals surface area contributed by atoms with Gasteiger partial charge in [0.2, 0.25) is 16.9 Å². The Bertz CT molecular complexity index is 890. The molecule has 2 amide bonds. The fourth-order valence-electron chi connectivity index (χ4n) is 4.31. The second-order valence-electron chi connectivity index (χ2n) is 8.30. The number of nitrogens with zero attached hydrogens (tertiary/aromatic N) is 5. The van der Waals surface area contributed by atoms with Crippen molar-refractivity contribution < 1.29 is 18.0 Å². The van der Waals surface area contributed by atoms with Crippen molar-refractivity contribution in [1.82, 2.24) is 24.5 Å². The molecule has 3 aliphatic rings. The van der Waals surface area contributed by atoms with Gasteiger partial charge in [-0.15, -0.1) is 0 Å². The highest BCUT2D eigenvalue weighted by Crippen LogP contribution is 2.23. The number of carbonyl (C=O) groups excluding carboxylic acids is 2. The maximum absolute atomic E-state index is 12.9. The van der Waals surface area contributed by atoms with E-state index in [-0.39, 0.29) is 29.5 Å². The Morgan fingerprint density at radius 1 is 1.07 bits per heavy atom. The largest absolute Gasteiger partial charge is 0.343 e. The van der Waals surface area contributed by atoms with E-state index < -0.39 is 9.84 Å². The molecule has 0 radical (unpaired) electrons. The predicted octanol–water partition coefficient (Wildman–Crippen LogP) is -0.668. The highest BCUT2D eigenvalue weighted by atomic mass is 32.2. The number of piperazine rings is 1. The number of hydrogen-bond donors (Lipinski definition) is 1. The molecule has 0 saturated carbocycles. The minimum absolute atomic E-state index is 0.105. The van der Waals surface area contributed by atoms with Crippen LogP contribution in [-0.4, -0.2) is 97.5 Å². The lowest BCUT2D eigenvalue weighted by Crippen LogP contribution is -2.50. The van der Waals surface area contributed by atoms with Gasteiger partial charge in [-0.3, -0.25) is 9.59 Å². The molecule has 166 valence electrons. The van der Waals surface area contributed by atoms with Crippen LogP contribution in [-0.2, 0) is 25.2 Å². The monoisotopic (exact) mass is 456 g/mol. The van der Waals surface area contributed by atoms with E-state index in [9.17, 15) is 18.0 Å². The highest BCUT2D eigenvalue weighted by Gasteiger charge is 2.38. The Hall–Kier alpha value is -1.79. The van der Waals surface area contributed by atoms with E-state index in [4.69, 9.17) is 0 Å². The van der Waals surface area contributed by atoms with Crippen molar-refractivity contribution in [2.45, 2.75) is 31.1 Å². The first-order valence-electron chi connectivity index (χ1n) is 10.4. The molecular weight excluding hydrogens is 428 g/mol. The Balaban J connectivity index is 1.27. The summed E-state index contributed by atoms with van der Waals surface area (Å²) < 4.78 is 27.0. The van der Waals surface area contributed by atoms with Gasteiger partial charge >= 0.3 is 0 Å². The first-order valence-corrected chi connectivity index (χ1v) is 13.2. The van der Waals surface area contributed by atoms with E-state index in [2.05, 4.69) is 14.7 Å². The van der Waals surface area contributed by atoms with Gasteiger partial charge in [-0.25, -0.2) is 13.4 Å². The van der Waals surface area contributed by atoms with Gasteiger partial charge in [0.25, 0.3) is 0 Å². The maximum atomic E-state index is 12.9. The van der Waals surface area contributed by atoms with Gasteiger partial charge in [-0.1, -0.05) is 0 Å². The van der Waals surface area contributed by atoms with Gasteiger partial charge in [0, 0.05) is 63.6 Å². The third kappa shape index (κ3) is 4.92. The van der Waals surface area contributed by atoms with Gasteiger partial charge in [0.15, 0.2) is 15.7 Å². The molecule has 0 aliphatic carbocycles. The molecule has 30 heavy (non-hydrogen) atoms. The summed E-state index contributed by atoms with van der Waals surface area (Å²) >= 11 is 1.19. The van der Waals surface area contributed by atoms with Gasteiger partial charge < -0.3 is 20.0 Å². The molecule has 1 N–H and O–H groups in total. The van der Waals surface area contributed by atoms with Crippen molar-refractivity contribution >= 4 is 38.3 Å². The number of nitrogens with one attached hydrogen (secondary N) is 1. The molecule has 3 aliphatic heterocycles. The van der Waals surface area contributed by atoms with Crippen LogP contribution in [0, 0.1) is 5.92 Å². The average molecular weight is 457 g/mol. The van der Waals surface area contributed by atoms with E-state index in [1.807, 2.05) is 14.7 Å². The standard InChI is InChI=1S/C18H28N6O4S2/c1-30(27,28)12-15-20-18(29-21-15)24-8-6-23(7-9-24)16(25)13-10-14(19-11-13)17(26)22-4-2-3-5-22/h13-14,19H,2-12H2,1H3/t13-,14-/m0/s1. The van der Waals surface area contributed by atoms with Crippen LogP contribution in [0.15, 0.2) is 0 Å². The van der Waals surface area contributed by atoms with Crippen molar-refractivity contribution in [1.29, 1.82) is 0 Å². The van der Waals surface area contributed by atoms with Crippen LogP contribution in [0.3, 0.4) is 0 Å². The van der Waals surface area contributed by atoms with E-state index in [1.165, 1.54) is 17.8 Å². The van der Waals surface area contributed by atoms with Crippen LogP contribution in [0.4, 0.5) is 5.13 Å². The Kier molecular flexibility index (Phi) is 6.26. The zero-order valence-corrected chi connectivity index (χ0v) is 18.8. The predicted molar refractivity (Wildman–Crippen MR) is 113 cm³/mol. The first kappa shape index (κ1) is 21.4. The number of amides is 2. The third-order valence-electron chi connectivity index (χ3n) is 5.91. The lowest BCUT2D eigenvalue weighted by molar-refractivity contribution is -0.135. The van der Waals surface area contributed by atoms with Crippen LogP contribution in [0.5, 0.6) is 0 Å². The number of carbonyl (C=O) groups is 2. The number of aromatic nitrogens is 2. The molecule has 1 aromatic rings. The number of hydrogen-bond acceptors (Lipinski definition) is 9. The zero-order chi connectivity index (χ0) is 21.3. The summed E-state index contributed by atoms with van der Waals surface area (Å²) in [5.74, 6) is 0.244. The van der Waals surface area contributed by atoms with Gasteiger partial charge in [-0.2, -0.15) is 4.37 Å². The van der Waals surface area contributed by atoms with E-state index in [1.54, 1.807) is 0 Å². The summed E-state index contributed by atoms with van der Waals surface area (Å²) in [4.78, 5) is 35.7. The molecule has 4 rings (SSSR count). The third-order valence-corrected chi connectivity index (χ3v) is 7.50. The molecule has 3 fully saturated rings. The Labute approximate surface area is 180 Å². The SMILES string of the molecule is CS(=O)(=O)Cc1nsc(N2CCN(C(=O)[C@@H]3CN[C@H](C(=O)N4CCCC4)C3)CC2)n1. The summed E-state index contributed by atoms with van der Waals surface area (Å²) in [6, 6.07) is -0.243. The lowest BCUT2D eigenvalue weighted by Gasteiger charge is -2.35. The molecule has 1 aromatic heterocycles. The fourth-order valence-corrected chi connectivity index (χ4v) is 5.73. The fraction of sp³-hybridized carbons (Fsp3) is 0.778. The van der Waals surface area contributed by atoms with E-state index in [0.29, 0.717) is 50.1 Å². The number of sulfone groups is 1. The molecule has 10 nitrogen and oxygen atoms in total. The zero-order valence-electron chi connectivity index (χ0n) is 17.1. The van der Waals surface area contributed by atoms with E-state index in [0.717, 1.165) is 25.9 Å². The molecular formula is C18H28N6O4S2. The summed E-state index contributed by atoms with van der Waals surface area (Å²) in [6.07, 6.45) is 3.86. The lowest BCUT2D eigenvalue weighted by atomic mass is 10.0. The van der Waals surface area contributed by atoms with Gasteiger partial charge in [-0.05, 0) is 19.3 Å².